The number of nitrogens with two attached hydrogens (primary N) is 1. The number of hydrogen-bond acceptors (Lipinski definition) is 4. The van der Waals surface area contributed by atoms with Crippen molar-refractivity contribution in [3.05, 3.63) is 47.9 Å². The van der Waals surface area contributed by atoms with Crippen molar-refractivity contribution in [2.24, 2.45) is 0 Å². The highest BCUT2D eigenvalue weighted by Crippen LogP contribution is 2.18. The summed E-state index contributed by atoms with van der Waals surface area (Å²) in [4.78, 5) is 14.0. The van der Waals surface area contributed by atoms with Gasteiger partial charge in [0.2, 0.25) is 0 Å². The molecular weight excluding hydrogens is 250 g/mol. The summed E-state index contributed by atoms with van der Waals surface area (Å²) in [6.07, 6.45) is 1.71. The van der Waals surface area contributed by atoms with E-state index in [9.17, 15) is 0 Å². The van der Waals surface area contributed by atoms with E-state index in [-0.39, 0.29) is 0 Å². The molecule has 0 spiro atoms. The lowest BCUT2D eigenvalue weighted by molar-refractivity contribution is 0.894. The summed E-state index contributed by atoms with van der Waals surface area (Å²) in [5.41, 5.74) is 10.6. The Bertz CT molecular complexity index is 747. The topological polar surface area (TPSA) is 70.8 Å². The number of aromatic amines is 1. The zero-order valence-corrected chi connectivity index (χ0v) is 11.6. The minimum atomic E-state index is 0.723. The van der Waals surface area contributed by atoms with Crippen LogP contribution in [-0.4, -0.2) is 22.0 Å². The number of pyridine rings is 1. The number of nitrogens with one attached hydrogen (secondary N) is 1. The summed E-state index contributed by atoms with van der Waals surface area (Å²) in [5.74, 6) is 0.918. The van der Waals surface area contributed by atoms with E-state index in [1.54, 1.807) is 6.33 Å². The van der Waals surface area contributed by atoms with Gasteiger partial charge < -0.3 is 15.6 Å². The standard InChI is InChI=1S/C15H17N5/c1-10-12(16)4-6-15(19-10)20(2)8-11-3-5-13-14(7-11)18-9-17-13/h3-7,9H,8,16H2,1-2H3,(H,17,18). The maximum Gasteiger partial charge on any atom is 0.128 e. The molecular formula is C15H17N5. The van der Waals surface area contributed by atoms with Crippen molar-refractivity contribution in [2.75, 3.05) is 17.7 Å². The molecule has 3 N–H and O–H groups in total. The second-order valence-corrected chi connectivity index (χ2v) is 4.95. The molecule has 0 unspecified atom stereocenters. The van der Waals surface area contributed by atoms with Crippen LogP contribution >= 0.6 is 0 Å². The van der Waals surface area contributed by atoms with Crippen LogP contribution in [-0.2, 0) is 6.54 Å². The Morgan fingerprint density at radius 3 is 2.90 bits per heavy atom. The average Bonchev–Trinajstić information content (AvgIpc) is 2.89. The van der Waals surface area contributed by atoms with E-state index in [4.69, 9.17) is 5.73 Å². The maximum absolute atomic E-state index is 5.80. The fraction of sp³-hybridized carbons (Fsp3) is 0.200. The monoisotopic (exact) mass is 267 g/mol. The lowest BCUT2D eigenvalue weighted by Gasteiger charge is -2.19. The summed E-state index contributed by atoms with van der Waals surface area (Å²) in [5, 5.41) is 0. The summed E-state index contributed by atoms with van der Waals surface area (Å²) in [6.45, 7) is 2.70. The van der Waals surface area contributed by atoms with Gasteiger partial charge >= 0.3 is 0 Å². The number of nitrogen functional groups attached to an aromatic ring is 1. The predicted octanol–water partition coefficient (Wildman–Crippen LogP) is 2.48. The molecule has 0 radical (unpaired) electrons. The van der Waals surface area contributed by atoms with Gasteiger partial charge in [0.25, 0.3) is 0 Å². The molecule has 20 heavy (non-hydrogen) atoms. The molecule has 0 amide bonds. The number of imidazole rings is 1. The van der Waals surface area contributed by atoms with Gasteiger partial charge in [0, 0.05) is 13.6 Å². The van der Waals surface area contributed by atoms with Crippen LogP contribution in [0.2, 0.25) is 0 Å². The Balaban J connectivity index is 1.83. The van der Waals surface area contributed by atoms with Crippen LogP contribution in [0.25, 0.3) is 11.0 Å². The lowest BCUT2D eigenvalue weighted by Crippen LogP contribution is -2.18. The Morgan fingerprint density at radius 2 is 2.10 bits per heavy atom. The highest BCUT2D eigenvalue weighted by Gasteiger charge is 2.06. The third-order valence-electron chi connectivity index (χ3n) is 3.41. The Labute approximate surface area is 117 Å². The van der Waals surface area contributed by atoms with Crippen LogP contribution in [0, 0.1) is 6.92 Å². The van der Waals surface area contributed by atoms with Gasteiger partial charge in [0.05, 0.1) is 28.7 Å². The van der Waals surface area contributed by atoms with Crippen molar-refractivity contribution >= 4 is 22.5 Å². The minimum absolute atomic E-state index is 0.723. The molecule has 102 valence electrons. The smallest absolute Gasteiger partial charge is 0.128 e. The summed E-state index contributed by atoms with van der Waals surface area (Å²) in [7, 11) is 2.02. The van der Waals surface area contributed by atoms with Gasteiger partial charge in [0.15, 0.2) is 0 Å². The van der Waals surface area contributed by atoms with E-state index in [0.29, 0.717) is 0 Å². The van der Waals surface area contributed by atoms with Crippen molar-refractivity contribution in [1.82, 2.24) is 15.0 Å². The number of nitrogens with zero attached hydrogens (tertiary/aromatic N) is 3. The molecule has 2 aromatic heterocycles. The Kier molecular flexibility index (Phi) is 3.02. The minimum Gasteiger partial charge on any atom is -0.397 e. The van der Waals surface area contributed by atoms with Gasteiger partial charge in [0.1, 0.15) is 5.82 Å². The van der Waals surface area contributed by atoms with Gasteiger partial charge in [-0.15, -0.1) is 0 Å². The molecule has 0 aliphatic rings. The highest BCUT2D eigenvalue weighted by molar-refractivity contribution is 5.75. The van der Waals surface area contributed by atoms with Crippen LogP contribution in [0.3, 0.4) is 0 Å². The molecule has 0 saturated carbocycles. The van der Waals surface area contributed by atoms with Crippen LogP contribution in [0.4, 0.5) is 11.5 Å². The number of fused-ring (bicyclic) bond motifs is 1. The van der Waals surface area contributed by atoms with Gasteiger partial charge in [-0.3, -0.25) is 0 Å². The Hall–Kier alpha value is -2.56. The van der Waals surface area contributed by atoms with Crippen LogP contribution in [0.5, 0.6) is 0 Å². The fourth-order valence-corrected chi connectivity index (χ4v) is 2.21. The van der Waals surface area contributed by atoms with Crippen LogP contribution in [0.15, 0.2) is 36.7 Å². The van der Waals surface area contributed by atoms with Gasteiger partial charge in [-0.25, -0.2) is 9.97 Å². The summed E-state index contributed by atoms with van der Waals surface area (Å²) < 4.78 is 0. The van der Waals surface area contributed by atoms with Crippen molar-refractivity contribution in [3.8, 4) is 0 Å². The zero-order valence-electron chi connectivity index (χ0n) is 11.6. The van der Waals surface area contributed by atoms with Crippen molar-refractivity contribution in [3.63, 3.8) is 0 Å². The molecule has 5 nitrogen and oxygen atoms in total. The van der Waals surface area contributed by atoms with E-state index in [1.807, 2.05) is 32.2 Å². The van der Waals surface area contributed by atoms with Gasteiger partial charge in [-0.2, -0.15) is 0 Å². The SMILES string of the molecule is Cc1nc(N(C)Cc2ccc3nc[nH]c3c2)ccc1N. The number of rotatable bonds is 3. The van der Waals surface area contributed by atoms with E-state index >= 15 is 0 Å². The molecule has 0 bridgehead atoms. The molecule has 1 aromatic carbocycles. The number of H-pyrrole nitrogens is 1. The second-order valence-electron chi connectivity index (χ2n) is 4.95. The summed E-state index contributed by atoms with van der Waals surface area (Å²) in [6, 6.07) is 10.1. The molecule has 0 fully saturated rings. The Morgan fingerprint density at radius 1 is 1.25 bits per heavy atom. The molecule has 0 saturated heterocycles. The molecule has 0 aliphatic carbocycles. The molecule has 2 heterocycles. The maximum atomic E-state index is 5.80. The lowest BCUT2D eigenvalue weighted by atomic mass is 10.2. The van der Waals surface area contributed by atoms with E-state index in [1.165, 1.54) is 5.56 Å². The average molecular weight is 267 g/mol. The van der Waals surface area contributed by atoms with E-state index in [2.05, 4.69) is 32.0 Å². The number of aryl methyl sites for hydroxylation is 1. The second kappa shape index (κ2) is 4.85. The first kappa shape index (κ1) is 12.5. The number of aromatic nitrogens is 3. The summed E-state index contributed by atoms with van der Waals surface area (Å²) >= 11 is 0. The first-order chi connectivity index (χ1) is 9.63. The molecule has 0 atom stereocenters. The molecule has 0 aliphatic heterocycles. The normalized spacial score (nSPS) is 10.9. The zero-order chi connectivity index (χ0) is 14.1. The van der Waals surface area contributed by atoms with Crippen molar-refractivity contribution in [2.45, 2.75) is 13.5 Å². The van der Waals surface area contributed by atoms with Crippen LogP contribution < -0.4 is 10.6 Å². The quantitative estimate of drug-likeness (QED) is 0.765. The van der Waals surface area contributed by atoms with Crippen molar-refractivity contribution < 1.29 is 0 Å². The fourth-order valence-electron chi connectivity index (χ4n) is 2.21. The van der Waals surface area contributed by atoms with Gasteiger partial charge in [-0.1, -0.05) is 6.07 Å². The van der Waals surface area contributed by atoms with E-state index < -0.39 is 0 Å². The first-order valence-corrected chi connectivity index (χ1v) is 6.50. The van der Waals surface area contributed by atoms with E-state index in [0.717, 1.165) is 34.8 Å². The molecule has 3 aromatic rings. The third-order valence-corrected chi connectivity index (χ3v) is 3.41. The third kappa shape index (κ3) is 2.30. The number of hydrogen-bond donors (Lipinski definition) is 2. The molecule has 5 heteroatoms. The predicted molar refractivity (Wildman–Crippen MR) is 81.6 cm³/mol. The molecule has 3 rings (SSSR count). The van der Waals surface area contributed by atoms with Crippen LogP contribution in [0.1, 0.15) is 11.3 Å². The number of anilines is 2. The largest absolute Gasteiger partial charge is 0.397 e. The van der Waals surface area contributed by atoms with Crippen molar-refractivity contribution in [1.29, 1.82) is 0 Å². The highest BCUT2D eigenvalue weighted by atomic mass is 15.2. The van der Waals surface area contributed by atoms with Gasteiger partial charge in [-0.05, 0) is 36.8 Å². The number of benzene rings is 1. The first-order valence-electron chi connectivity index (χ1n) is 6.50.